The molecule has 0 bridgehead atoms. The van der Waals surface area contributed by atoms with Gasteiger partial charge in [0.2, 0.25) is 0 Å². The van der Waals surface area contributed by atoms with E-state index in [1.54, 1.807) is 17.1 Å². The molecule has 2 aromatic heterocycles. The molecule has 1 unspecified atom stereocenters. The van der Waals surface area contributed by atoms with Gasteiger partial charge in [-0.3, -0.25) is 4.68 Å². The van der Waals surface area contributed by atoms with Crippen LogP contribution < -0.4 is 0 Å². The molecule has 2 aromatic rings. The van der Waals surface area contributed by atoms with Crippen molar-refractivity contribution in [2.45, 2.75) is 32.8 Å². The van der Waals surface area contributed by atoms with Gasteiger partial charge >= 0.3 is 0 Å². The molecule has 0 saturated heterocycles. The highest BCUT2D eigenvalue weighted by molar-refractivity contribution is 9.10. The fraction of sp³-hybridized carbons (Fsp3) is 0.462. The second-order valence-corrected chi connectivity index (χ2v) is 5.32. The van der Waals surface area contributed by atoms with Gasteiger partial charge in [-0.15, -0.1) is 0 Å². The lowest BCUT2D eigenvalue weighted by Crippen LogP contribution is -2.10. The minimum Gasteiger partial charge on any atom is -0.385 e. The van der Waals surface area contributed by atoms with E-state index in [9.17, 15) is 5.11 Å². The maximum absolute atomic E-state index is 10.2. The van der Waals surface area contributed by atoms with E-state index in [4.69, 9.17) is 0 Å². The smallest absolute Gasteiger partial charge is 0.157 e. The van der Waals surface area contributed by atoms with Crippen molar-refractivity contribution >= 4 is 15.9 Å². The molecule has 1 atom stereocenters. The summed E-state index contributed by atoms with van der Waals surface area (Å²) in [5, 5.41) is 14.6. The Balaban J connectivity index is 2.21. The summed E-state index contributed by atoms with van der Waals surface area (Å²) in [5.74, 6) is 0.441. The summed E-state index contributed by atoms with van der Waals surface area (Å²) in [6.07, 6.45) is 3.98. The van der Waals surface area contributed by atoms with Crippen LogP contribution in [0.25, 0.3) is 0 Å². The van der Waals surface area contributed by atoms with Crippen LogP contribution in [0.5, 0.6) is 0 Å². The first-order chi connectivity index (χ1) is 9.02. The SMILES string of the molecule is CCc1nn(C)c(CC(O)c2ncc(C)cn2)c1Br. The number of hydrogen-bond donors (Lipinski definition) is 1. The first kappa shape index (κ1) is 14.1. The van der Waals surface area contributed by atoms with Crippen LogP contribution in [0.1, 0.15) is 35.8 Å². The number of aromatic nitrogens is 4. The van der Waals surface area contributed by atoms with Crippen molar-refractivity contribution in [1.29, 1.82) is 0 Å². The van der Waals surface area contributed by atoms with Crippen LogP contribution >= 0.6 is 15.9 Å². The quantitative estimate of drug-likeness (QED) is 0.935. The van der Waals surface area contributed by atoms with Crippen molar-refractivity contribution in [3.8, 4) is 0 Å². The largest absolute Gasteiger partial charge is 0.385 e. The van der Waals surface area contributed by atoms with Gasteiger partial charge in [-0.05, 0) is 34.8 Å². The van der Waals surface area contributed by atoms with E-state index in [0.29, 0.717) is 12.2 Å². The molecular weight excluding hydrogens is 308 g/mol. The van der Waals surface area contributed by atoms with Crippen LogP contribution in [-0.4, -0.2) is 24.9 Å². The fourth-order valence-electron chi connectivity index (χ4n) is 1.89. The first-order valence-electron chi connectivity index (χ1n) is 6.19. The predicted octanol–water partition coefficient (Wildman–Crippen LogP) is 2.12. The third-order valence-corrected chi connectivity index (χ3v) is 3.90. The predicted molar refractivity (Wildman–Crippen MR) is 75.7 cm³/mol. The van der Waals surface area contributed by atoms with Crippen molar-refractivity contribution in [3.63, 3.8) is 0 Å². The van der Waals surface area contributed by atoms with Gasteiger partial charge < -0.3 is 5.11 Å². The van der Waals surface area contributed by atoms with Crippen molar-refractivity contribution < 1.29 is 5.11 Å². The summed E-state index contributed by atoms with van der Waals surface area (Å²) in [6.45, 7) is 3.97. The molecule has 5 nitrogen and oxygen atoms in total. The van der Waals surface area contributed by atoms with E-state index >= 15 is 0 Å². The molecule has 0 radical (unpaired) electrons. The second kappa shape index (κ2) is 5.79. The van der Waals surface area contributed by atoms with Crippen LogP contribution in [0.15, 0.2) is 16.9 Å². The zero-order valence-corrected chi connectivity index (χ0v) is 12.8. The van der Waals surface area contributed by atoms with Gasteiger partial charge in [-0.1, -0.05) is 6.92 Å². The lowest BCUT2D eigenvalue weighted by Gasteiger charge is -2.10. The van der Waals surface area contributed by atoms with Crippen molar-refractivity contribution in [1.82, 2.24) is 19.7 Å². The molecular formula is C13H17BrN4O. The number of hydrogen-bond acceptors (Lipinski definition) is 4. The van der Waals surface area contributed by atoms with Crippen molar-refractivity contribution in [3.05, 3.63) is 39.6 Å². The summed E-state index contributed by atoms with van der Waals surface area (Å²) < 4.78 is 2.75. The standard InChI is InChI=1S/C13H17BrN4O/c1-4-9-12(14)10(18(3)17-9)5-11(19)13-15-6-8(2)7-16-13/h6-7,11,19H,4-5H2,1-3H3. The normalized spacial score (nSPS) is 12.7. The lowest BCUT2D eigenvalue weighted by atomic mass is 10.1. The Bertz CT molecular complexity index is 565. The Morgan fingerprint density at radius 1 is 1.37 bits per heavy atom. The maximum Gasteiger partial charge on any atom is 0.157 e. The maximum atomic E-state index is 10.2. The second-order valence-electron chi connectivity index (χ2n) is 4.52. The Labute approximate surface area is 120 Å². The van der Waals surface area contributed by atoms with E-state index < -0.39 is 6.10 Å². The number of aryl methyl sites for hydroxylation is 3. The molecule has 2 rings (SSSR count). The monoisotopic (exact) mass is 324 g/mol. The van der Waals surface area contributed by atoms with Crippen LogP contribution in [-0.2, 0) is 19.9 Å². The minimum atomic E-state index is -0.725. The third-order valence-electron chi connectivity index (χ3n) is 2.99. The number of aliphatic hydroxyl groups excluding tert-OH is 1. The van der Waals surface area contributed by atoms with Crippen LogP contribution in [0.4, 0.5) is 0 Å². The third kappa shape index (κ3) is 3.01. The fourth-order valence-corrected chi connectivity index (χ4v) is 2.67. The number of aliphatic hydroxyl groups is 1. The van der Waals surface area contributed by atoms with Crippen molar-refractivity contribution in [2.24, 2.45) is 7.05 Å². The van der Waals surface area contributed by atoms with E-state index in [1.165, 1.54) is 0 Å². The van der Waals surface area contributed by atoms with Crippen molar-refractivity contribution in [2.75, 3.05) is 0 Å². The number of nitrogens with zero attached hydrogens (tertiary/aromatic N) is 4. The minimum absolute atomic E-state index is 0.438. The van der Waals surface area contributed by atoms with E-state index in [-0.39, 0.29) is 0 Å². The molecule has 6 heteroatoms. The molecule has 0 fully saturated rings. The molecule has 0 saturated carbocycles. The zero-order chi connectivity index (χ0) is 14.0. The Hall–Kier alpha value is -1.27. The average molecular weight is 325 g/mol. The van der Waals surface area contributed by atoms with Crippen LogP contribution in [0, 0.1) is 6.92 Å². The molecule has 0 aromatic carbocycles. The number of halogens is 1. The Morgan fingerprint density at radius 2 is 2.00 bits per heavy atom. The van der Waals surface area contributed by atoms with Gasteiger partial charge in [-0.25, -0.2) is 9.97 Å². The topological polar surface area (TPSA) is 63.8 Å². The Kier molecular flexibility index (Phi) is 4.31. The van der Waals surface area contributed by atoms with E-state index in [2.05, 4.69) is 37.9 Å². The van der Waals surface area contributed by atoms with Gasteiger partial charge in [0.05, 0.1) is 15.9 Å². The molecule has 102 valence electrons. The Morgan fingerprint density at radius 3 is 2.53 bits per heavy atom. The van der Waals surface area contributed by atoms with Gasteiger partial charge in [-0.2, -0.15) is 5.10 Å². The van der Waals surface area contributed by atoms with Crippen LogP contribution in [0.3, 0.4) is 0 Å². The molecule has 2 heterocycles. The van der Waals surface area contributed by atoms with Gasteiger partial charge in [0, 0.05) is 25.9 Å². The highest BCUT2D eigenvalue weighted by atomic mass is 79.9. The van der Waals surface area contributed by atoms with Crippen LogP contribution in [0.2, 0.25) is 0 Å². The zero-order valence-electron chi connectivity index (χ0n) is 11.3. The molecule has 0 amide bonds. The number of rotatable bonds is 4. The summed E-state index contributed by atoms with van der Waals surface area (Å²) in [5.41, 5.74) is 2.92. The van der Waals surface area contributed by atoms with E-state index in [0.717, 1.165) is 27.8 Å². The van der Waals surface area contributed by atoms with Gasteiger partial charge in [0.15, 0.2) is 5.82 Å². The molecule has 0 aliphatic carbocycles. The molecule has 19 heavy (non-hydrogen) atoms. The summed E-state index contributed by atoms with van der Waals surface area (Å²) in [7, 11) is 1.88. The summed E-state index contributed by atoms with van der Waals surface area (Å²) in [4.78, 5) is 8.31. The van der Waals surface area contributed by atoms with E-state index in [1.807, 2.05) is 14.0 Å². The molecule has 1 N–H and O–H groups in total. The van der Waals surface area contributed by atoms with Gasteiger partial charge in [0.25, 0.3) is 0 Å². The summed E-state index contributed by atoms with van der Waals surface area (Å²) in [6, 6.07) is 0. The highest BCUT2D eigenvalue weighted by Gasteiger charge is 2.18. The van der Waals surface area contributed by atoms with Gasteiger partial charge in [0.1, 0.15) is 6.10 Å². The highest BCUT2D eigenvalue weighted by Crippen LogP contribution is 2.25. The summed E-state index contributed by atoms with van der Waals surface area (Å²) >= 11 is 3.54. The molecule has 0 spiro atoms. The first-order valence-corrected chi connectivity index (χ1v) is 6.99. The lowest BCUT2D eigenvalue weighted by molar-refractivity contribution is 0.165. The molecule has 0 aliphatic heterocycles. The molecule has 0 aliphatic rings. The average Bonchev–Trinajstić information content (AvgIpc) is 2.67.